The third kappa shape index (κ3) is 3.04. The van der Waals surface area contributed by atoms with Gasteiger partial charge in [0, 0.05) is 22.0 Å². The molecule has 4 aromatic heterocycles. The monoisotopic (exact) mass is 432 g/mol. The van der Waals surface area contributed by atoms with E-state index in [1.54, 1.807) is 41.9 Å². The molecule has 0 radical (unpaired) electrons. The van der Waals surface area contributed by atoms with Gasteiger partial charge in [0.05, 0.1) is 11.4 Å². The highest BCUT2D eigenvalue weighted by molar-refractivity contribution is 7.21. The Morgan fingerprint density at radius 2 is 1.97 bits per heavy atom. The largest absolute Gasteiger partial charge is 0.433 e. The van der Waals surface area contributed by atoms with Gasteiger partial charge >= 0.3 is 6.18 Å². The predicted octanol–water partition coefficient (Wildman–Crippen LogP) is 5.29. The number of hydrogen-bond acceptors (Lipinski definition) is 6. The lowest BCUT2D eigenvalue weighted by atomic mass is 10.1. The van der Waals surface area contributed by atoms with Gasteiger partial charge in [0.15, 0.2) is 0 Å². The van der Waals surface area contributed by atoms with Gasteiger partial charge < -0.3 is 10.6 Å². The van der Waals surface area contributed by atoms with Crippen molar-refractivity contribution in [1.82, 2.24) is 15.3 Å². The molecule has 0 aliphatic carbocycles. The number of nitrogens with one attached hydrogen (secondary N) is 2. The summed E-state index contributed by atoms with van der Waals surface area (Å²) in [5.74, 6) is -0.372. The molecule has 5 rings (SSSR count). The second-order valence-electron chi connectivity index (χ2n) is 6.32. The SMILES string of the molecule is O=C1N[C@H](c2ccccn2)Nc2c1sc1nc(C(F)(F)F)cc(-c3cccs3)c21. The van der Waals surface area contributed by atoms with Crippen molar-refractivity contribution in [2.75, 3.05) is 5.32 Å². The minimum Gasteiger partial charge on any atom is -0.358 e. The summed E-state index contributed by atoms with van der Waals surface area (Å²) in [4.78, 5) is 21.9. The molecule has 0 fully saturated rings. The van der Waals surface area contributed by atoms with Crippen LogP contribution in [-0.2, 0) is 6.18 Å². The zero-order valence-electron chi connectivity index (χ0n) is 14.4. The minimum absolute atomic E-state index is 0.164. The first-order valence-electron chi connectivity index (χ1n) is 8.49. The van der Waals surface area contributed by atoms with Gasteiger partial charge in [-0.2, -0.15) is 13.2 Å². The first-order chi connectivity index (χ1) is 13.9. The molecule has 5 nitrogen and oxygen atoms in total. The smallest absolute Gasteiger partial charge is 0.358 e. The number of carbonyl (C=O) groups excluding carboxylic acids is 1. The number of thiophene rings is 2. The lowest BCUT2D eigenvalue weighted by Crippen LogP contribution is -2.38. The number of rotatable bonds is 2. The molecule has 29 heavy (non-hydrogen) atoms. The number of carbonyl (C=O) groups is 1. The molecular formula is C19H11F3N4OS2. The molecule has 1 aliphatic rings. The molecular weight excluding hydrogens is 421 g/mol. The molecule has 4 aromatic rings. The molecule has 0 spiro atoms. The molecule has 2 N–H and O–H groups in total. The Hall–Kier alpha value is -2.98. The Morgan fingerprint density at radius 3 is 2.66 bits per heavy atom. The molecule has 5 heterocycles. The van der Waals surface area contributed by atoms with Crippen molar-refractivity contribution in [2.45, 2.75) is 12.3 Å². The van der Waals surface area contributed by atoms with Crippen molar-refractivity contribution in [2.24, 2.45) is 0 Å². The minimum atomic E-state index is -4.59. The maximum Gasteiger partial charge on any atom is 0.433 e. The summed E-state index contributed by atoms with van der Waals surface area (Å²) >= 11 is 2.28. The lowest BCUT2D eigenvalue weighted by molar-refractivity contribution is -0.140. The Labute approximate surface area is 170 Å². The summed E-state index contributed by atoms with van der Waals surface area (Å²) in [5, 5.41) is 8.33. The van der Waals surface area contributed by atoms with E-state index in [9.17, 15) is 18.0 Å². The average Bonchev–Trinajstić information content (AvgIpc) is 3.35. The summed E-state index contributed by atoms with van der Waals surface area (Å²) in [6.07, 6.45) is -3.57. The average molecular weight is 432 g/mol. The van der Waals surface area contributed by atoms with Crippen LogP contribution in [0.15, 0.2) is 48.0 Å². The van der Waals surface area contributed by atoms with E-state index in [1.165, 1.54) is 11.3 Å². The Balaban J connectivity index is 1.75. The van der Waals surface area contributed by atoms with E-state index in [1.807, 2.05) is 0 Å². The van der Waals surface area contributed by atoms with E-state index in [2.05, 4.69) is 20.6 Å². The standard InChI is InChI=1S/C19H11F3N4OS2/c20-19(21,22)12-8-9(11-5-3-7-28-11)13-14-15(29-18(13)24-12)17(27)26-16(25-14)10-4-1-2-6-23-10/h1-8,16,25H,(H,26,27)/t16-/m1/s1. The molecule has 10 heteroatoms. The maximum atomic E-state index is 13.4. The maximum absolute atomic E-state index is 13.4. The Kier molecular flexibility index (Phi) is 4.07. The number of fused-ring (bicyclic) bond motifs is 3. The molecule has 0 saturated carbocycles. The van der Waals surface area contributed by atoms with Crippen LogP contribution in [0.4, 0.5) is 18.9 Å². The van der Waals surface area contributed by atoms with Crippen LogP contribution in [0.25, 0.3) is 20.7 Å². The summed E-state index contributed by atoms with van der Waals surface area (Å²) in [6, 6.07) is 9.89. The van der Waals surface area contributed by atoms with E-state index in [4.69, 9.17) is 0 Å². The van der Waals surface area contributed by atoms with Crippen LogP contribution < -0.4 is 10.6 Å². The third-order valence-electron chi connectivity index (χ3n) is 4.49. The quantitative estimate of drug-likeness (QED) is 0.452. The van der Waals surface area contributed by atoms with Crippen molar-refractivity contribution in [1.29, 1.82) is 0 Å². The molecule has 0 unspecified atom stereocenters. The van der Waals surface area contributed by atoms with Gasteiger partial charge in [0.25, 0.3) is 5.91 Å². The zero-order chi connectivity index (χ0) is 20.2. The van der Waals surface area contributed by atoms with Crippen LogP contribution in [0.3, 0.4) is 0 Å². The van der Waals surface area contributed by atoms with Crippen molar-refractivity contribution >= 4 is 44.5 Å². The van der Waals surface area contributed by atoms with E-state index < -0.39 is 18.0 Å². The molecule has 0 aromatic carbocycles. The summed E-state index contributed by atoms with van der Waals surface area (Å²) in [6.45, 7) is 0. The molecule has 146 valence electrons. The number of pyridine rings is 2. The Bertz CT molecular complexity index is 1220. The van der Waals surface area contributed by atoms with Gasteiger partial charge in [-0.15, -0.1) is 22.7 Å². The molecule has 0 bridgehead atoms. The number of amides is 1. The molecule has 1 amide bonds. The van der Waals surface area contributed by atoms with Crippen molar-refractivity contribution in [3.8, 4) is 10.4 Å². The number of alkyl halides is 3. The van der Waals surface area contributed by atoms with Crippen LogP contribution >= 0.6 is 22.7 Å². The summed E-state index contributed by atoms with van der Waals surface area (Å²) in [7, 11) is 0. The van der Waals surface area contributed by atoms with Gasteiger partial charge in [-0.1, -0.05) is 12.1 Å². The van der Waals surface area contributed by atoms with Gasteiger partial charge in [-0.3, -0.25) is 9.78 Å². The van der Waals surface area contributed by atoms with Gasteiger partial charge in [0.2, 0.25) is 0 Å². The van der Waals surface area contributed by atoms with Crippen molar-refractivity contribution in [3.63, 3.8) is 0 Å². The number of anilines is 1. The highest BCUT2D eigenvalue weighted by atomic mass is 32.1. The third-order valence-corrected chi connectivity index (χ3v) is 6.48. The first kappa shape index (κ1) is 18.1. The fourth-order valence-electron chi connectivity index (χ4n) is 3.24. The van der Waals surface area contributed by atoms with E-state index >= 15 is 0 Å². The van der Waals surface area contributed by atoms with Crippen molar-refractivity contribution < 1.29 is 18.0 Å². The Morgan fingerprint density at radius 1 is 1.10 bits per heavy atom. The fraction of sp³-hybridized carbons (Fsp3) is 0.105. The second-order valence-corrected chi connectivity index (χ2v) is 8.27. The van der Waals surface area contributed by atoms with Gasteiger partial charge in [-0.25, -0.2) is 4.98 Å². The molecule has 1 aliphatic heterocycles. The number of aromatic nitrogens is 2. The molecule has 1 atom stereocenters. The van der Waals surface area contributed by atoms with E-state index in [0.29, 0.717) is 32.1 Å². The number of nitrogens with zero attached hydrogens (tertiary/aromatic N) is 2. The molecule has 0 saturated heterocycles. The topological polar surface area (TPSA) is 66.9 Å². The number of hydrogen-bond donors (Lipinski definition) is 2. The van der Waals surface area contributed by atoms with Crippen LogP contribution in [0.1, 0.15) is 27.2 Å². The summed E-state index contributed by atoms with van der Waals surface area (Å²) < 4.78 is 40.3. The van der Waals surface area contributed by atoms with Crippen LogP contribution in [0.2, 0.25) is 0 Å². The van der Waals surface area contributed by atoms with Crippen LogP contribution in [0.5, 0.6) is 0 Å². The normalized spacial score (nSPS) is 16.4. The van der Waals surface area contributed by atoms with Gasteiger partial charge in [0.1, 0.15) is 21.6 Å². The predicted molar refractivity (Wildman–Crippen MR) is 106 cm³/mol. The van der Waals surface area contributed by atoms with Gasteiger partial charge in [-0.05, 0) is 29.6 Å². The fourth-order valence-corrected chi connectivity index (χ4v) is 5.05. The van der Waals surface area contributed by atoms with Crippen LogP contribution in [0, 0.1) is 0 Å². The summed E-state index contributed by atoms with van der Waals surface area (Å²) in [5.41, 5.74) is 0.503. The highest BCUT2D eigenvalue weighted by Gasteiger charge is 2.36. The number of halogens is 3. The lowest BCUT2D eigenvalue weighted by Gasteiger charge is -2.25. The van der Waals surface area contributed by atoms with Crippen LogP contribution in [-0.4, -0.2) is 15.9 Å². The first-order valence-corrected chi connectivity index (χ1v) is 10.2. The van der Waals surface area contributed by atoms with Crippen molar-refractivity contribution in [3.05, 3.63) is 64.2 Å². The second kappa shape index (κ2) is 6.53. The zero-order valence-corrected chi connectivity index (χ0v) is 16.1. The highest BCUT2D eigenvalue weighted by Crippen LogP contribution is 2.46. The van der Waals surface area contributed by atoms with E-state index in [0.717, 1.165) is 17.4 Å². The van der Waals surface area contributed by atoms with E-state index in [-0.39, 0.29) is 10.7 Å².